The highest BCUT2D eigenvalue weighted by Gasteiger charge is 2.62. The zero-order chi connectivity index (χ0) is 28.1. The molecule has 4 aliphatic carbocycles. The molecule has 0 spiro atoms. The van der Waals surface area contributed by atoms with Crippen LogP contribution in [-0.2, 0) is 29.2 Å². The van der Waals surface area contributed by atoms with Crippen molar-refractivity contribution >= 4 is 20.8 Å². The van der Waals surface area contributed by atoms with Gasteiger partial charge in [-0.2, -0.15) is 16.8 Å². The van der Waals surface area contributed by atoms with Crippen LogP contribution in [-0.4, -0.2) is 49.9 Å². The summed E-state index contributed by atoms with van der Waals surface area (Å²) < 4.78 is 73.7. The van der Waals surface area contributed by atoms with Crippen molar-refractivity contribution in [3.8, 4) is 0 Å². The highest BCUT2D eigenvalue weighted by molar-refractivity contribution is 7.81. The third-order valence-corrected chi connectivity index (χ3v) is 12.0. The Balaban J connectivity index is 1.52. The van der Waals surface area contributed by atoms with E-state index in [1.165, 1.54) is 5.57 Å². The molecule has 38 heavy (non-hydrogen) atoms. The molecular formula is C27H46O9S2. The van der Waals surface area contributed by atoms with E-state index in [0.717, 1.165) is 51.4 Å². The number of allylic oxidation sites excluding steroid dienone is 2. The first-order valence-electron chi connectivity index (χ1n) is 14.1. The summed E-state index contributed by atoms with van der Waals surface area (Å²) in [7, 11) is -9.13. The first-order chi connectivity index (χ1) is 17.5. The van der Waals surface area contributed by atoms with Crippen molar-refractivity contribution in [2.75, 3.05) is 6.61 Å². The van der Waals surface area contributed by atoms with Crippen LogP contribution in [0.3, 0.4) is 0 Å². The Hall–Kier alpha value is -0.560. The molecule has 0 heterocycles. The lowest BCUT2D eigenvalue weighted by Gasteiger charge is -2.62. The van der Waals surface area contributed by atoms with E-state index in [9.17, 15) is 31.0 Å². The number of aliphatic hydroxyl groups is 1. The van der Waals surface area contributed by atoms with Crippen molar-refractivity contribution in [3.05, 3.63) is 11.6 Å². The van der Waals surface area contributed by atoms with Gasteiger partial charge in [0, 0.05) is 0 Å². The molecular weight excluding hydrogens is 532 g/mol. The lowest BCUT2D eigenvalue weighted by Crippen LogP contribution is -2.57. The Morgan fingerprint density at radius 2 is 1.66 bits per heavy atom. The van der Waals surface area contributed by atoms with E-state index in [-0.39, 0.29) is 29.3 Å². The predicted octanol–water partition coefficient (Wildman–Crippen LogP) is 4.99. The fourth-order valence-corrected chi connectivity index (χ4v) is 10.4. The Labute approximate surface area is 228 Å². The Morgan fingerprint density at radius 3 is 2.29 bits per heavy atom. The normalized spacial score (nSPS) is 42.0. The van der Waals surface area contributed by atoms with Gasteiger partial charge >= 0.3 is 20.8 Å². The Bertz CT molecular complexity index is 1100. The largest absolute Gasteiger partial charge is 0.397 e. The maximum Gasteiger partial charge on any atom is 0.397 e. The van der Waals surface area contributed by atoms with Crippen molar-refractivity contribution in [1.82, 2.24) is 0 Å². The van der Waals surface area contributed by atoms with E-state index in [0.29, 0.717) is 36.5 Å². The standard InChI is InChI=1S/C27H46O9S2/c1-17(2)6-5-7-18(16-35-37(29,30)31)21-10-11-22-20-9-8-19-14-25(36-38(32,33)34)24(28)15-27(19,4)23(20)12-13-26(21,22)3/h6,18-25,28H,5,7-16H2,1-4H3,(H,29,30,31)(H,32,33,34)/t18-,19?,20-,21+,22-,23-,24?,25?,26+,27-/m0/s1. The zero-order valence-electron chi connectivity index (χ0n) is 23.1. The van der Waals surface area contributed by atoms with E-state index >= 15 is 0 Å². The van der Waals surface area contributed by atoms with Gasteiger partial charge in [0.1, 0.15) is 6.10 Å². The van der Waals surface area contributed by atoms with Crippen LogP contribution >= 0.6 is 0 Å². The van der Waals surface area contributed by atoms with Gasteiger partial charge in [0.05, 0.1) is 12.7 Å². The van der Waals surface area contributed by atoms with Gasteiger partial charge in [-0.25, -0.2) is 8.37 Å². The number of rotatable bonds is 9. The lowest BCUT2D eigenvalue weighted by atomic mass is 9.44. The highest BCUT2D eigenvalue weighted by atomic mass is 32.3. The number of fused-ring (bicyclic) bond motifs is 5. The predicted molar refractivity (Wildman–Crippen MR) is 143 cm³/mol. The zero-order valence-corrected chi connectivity index (χ0v) is 24.7. The summed E-state index contributed by atoms with van der Waals surface area (Å²) in [6, 6.07) is 0. The number of hydrogen-bond acceptors (Lipinski definition) is 7. The van der Waals surface area contributed by atoms with Crippen molar-refractivity contribution in [2.24, 2.45) is 46.3 Å². The Kier molecular flexibility index (Phi) is 8.82. The molecule has 11 heteroatoms. The van der Waals surface area contributed by atoms with Crippen molar-refractivity contribution < 1.29 is 39.4 Å². The van der Waals surface area contributed by atoms with Gasteiger partial charge < -0.3 is 5.11 Å². The van der Waals surface area contributed by atoms with Gasteiger partial charge in [-0.05, 0) is 124 Å². The minimum atomic E-state index is -4.62. The van der Waals surface area contributed by atoms with Gasteiger partial charge in [-0.3, -0.25) is 9.11 Å². The molecule has 0 aromatic carbocycles. The molecule has 0 aromatic heterocycles. The SMILES string of the molecule is CC(C)=CCC[C@@H](COS(=O)(=O)O)[C@H]1CC[C@H]2[C@@H]3CCC4CC(OS(=O)(=O)O)C(O)C[C@]4(C)[C@H]3CC[C@]12C. The van der Waals surface area contributed by atoms with Crippen LogP contribution in [0.25, 0.3) is 0 Å². The second-order valence-electron chi connectivity index (χ2n) is 13.3. The maximum atomic E-state index is 11.4. The van der Waals surface area contributed by atoms with Crippen LogP contribution in [0.5, 0.6) is 0 Å². The van der Waals surface area contributed by atoms with Gasteiger partial charge in [0.25, 0.3) is 0 Å². The van der Waals surface area contributed by atoms with E-state index in [1.807, 2.05) is 13.8 Å². The van der Waals surface area contributed by atoms with Crippen LogP contribution in [0, 0.1) is 46.3 Å². The molecule has 4 saturated carbocycles. The van der Waals surface area contributed by atoms with Gasteiger partial charge in [-0.15, -0.1) is 0 Å². The van der Waals surface area contributed by atoms with Gasteiger partial charge in [-0.1, -0.05) is 25.5 Å². The first-order valence-corrected chi connectivity index (χ1v) is 16.9. The van der Waals surface area contributed by atoms with Crippen molar-refractivity contribution in [1.29, 1.82) is 0 Å². The molecule has 9 nitrogen and oxygen atoms in total. The maximum absolute atomic E-state index is 11.4. The lowest BCUT2D eigenvalue weighted by molar-refractivity contribution is -0.157. The summed E-state index contributed by atoms with van der Waals surface area (Å²) in [5, 5.41) is 10.8. The first kappa shape index (κ1) is 30.4. The van der Waals surface area contributed by atoms with Crippen LogP contribution < -0.4 is 0 Å². The second-order valence-corrected chi connectivity index (χ2v) is 15.4. The van der Waals surface area contributed by atoms with Crippen molar-refractivity contribution in [2.45, 2.75) is 104 Å². The fraction of sp³-hybridized carbons (Fsp3) is 0.926. The molecule has 0 aromatic rings. The quantitative estimate of drug-likeness (QED) is 0.254. The summed E-state index contributed by atoms with van der Waals surface area (Å²) in [5.41, 5.74) is 1.14. The van der Waals surface area contributed by atoms with E-state index in [2.05, 4.69) is 19.9 Å². The van der Waals surface area contributed by atoms with Crippen LogP contribution in [0.2, 0.25) is 0 Å². The van der Waals surface area contributed by atoms with E-state index in [4.69, 9.17) is 8.37 Å². The third-order valence-electron chi connectivity index (χ3n) is 11.1. The molecule has 4 rings (SSSR count). The molecule has 10 atom stereocenters. The van der Waals surface area contributed by atoms with Gasteiger partial charge in [0.15, 0.2) is 0 Å². The summed E-state index contributed by atoms with van der Waals surface area (Å²) in [4.78, 5) is 0. The molecule has 0 saturated heterocycles. The molecule has 220 valence electrons. The average molecular weight is 579 g/mol. The molecule has 0 aliphatic heterocycles. The van der Waals surface area contributed by atoms with E-state index in [1.54, 1.807) is 0 Å². The topological polar surface area (TPSA) is 147 Å². The van der Waals surface area contributed by atoms with Crippen molar-refractivity contribution in [3.63, 3.8) is 0 Å². The van der Waals surface area contributed by atoms with Crippen LogP contribution in [0.1, 0.15) is 91.9 Å². The van der Waals surface area contributed by atoms with E-state index < -0.39 is 33.0 Å². The van der Waals surface area contributed by atoms with Crippen LogP contribution in [0.15, 0.2) is 11.6 Å². The Morgan fingerprint density at radius 1 is 0.974 bits per heavy atom. The molecule has 4 fully saturated rings. The minimum absolute atomic E-state index is 0.00234. The number of aliphatic hydroxyl groups excluding tert-OH is 1. The fourth-order valence-electron chi connectivity index (χ4n) is 9.49. The third kappa shape index (κ3) is 6.34. The summed E-state index contributed by atoms with van der Waals surface area (Å²) in [6.45, 7) is 8.71. The number of hydrogen-bond donors (Lipinski definition) is 3. The monoisotopic (exact) mass is 578 g/mol. The summed E-state index contributed by atoms with van der Waals surface area (Å²) in [5.74, 6) is 1.95. The summed E-state index contributed by atoms with van der Waals surface area (Å²) >= 11 is 0. The second kappa shape index (κ2) is 11.0. The smallest absolute Gasteiger partial charge is 0.390 e. The van der Waals surface area contributed by atoms with Crippen LogP contribution in [0.4, 0.5) is 0 Å². The molecule has 0 amide bonds. The minimum Gasteiger partial charge on any atom is -0.390 e. The molecule has 0 radical (unpaired) electrons. The van der Waals surface area contributed by atoms with Gasteiger partial charge in [0.2, 0.25) is 0 Å². The average Bonchev–Trinajstić information content (AvgIpc) is 3.12. The molecule has 3 N–H and O–H groups in total. The molecule has 3 unspecified atom stereocenters. The summed E-state index contributed by atoms with van der Waals surface area (Å²) in [6.07, 6.45) is 8.92. The molecule has 0 bridgehead atoms. The molecule has 4 aliphatic rings. The highest BCUT2D eigenvalue weighted by Crippen LogP contribution is 2.68.